The number of morpholine rings is 1. The summed E-state index contributed by atoms with van der Waals surface area (Å²) in [6.45, 7) is 1.13. The molecule has 2 amide bonds. The fourth-order valence-corrected chi connectivity index (χ4v) is 10.8. The summed E-state index contributed by atoms with van der Waals surface area (Å²) >= 11 is 1.32. The van der Waals surface area contributed by atoms with Crippen molar-refractivity contribution in [1.29, 1.82) is 0 Å². The predicted molar refractivity (Wildman–Crippen MR) is 250 cm³/mol. The van der Waals surface area contributed by atoms with E-state index in [0.29, 0.717) is 45.3 Å². The van der Waals surface area contributed by atoms with Gasteiger partial charge in [0.05, 0.1) is 41.4 Å². The van der Waals surface area contributed by atoms with Gasteiger partial charge in [-0.25, -0.2) is 4.98 Å². The third-order valence-electron chi connectivity index (χ3n) is 12.5. The molecule has 3 aliphatic heterocycles. The molecule has 324 valence electrons. The maximum absolute atomic E-state index is 15.6. The Morgan fingerprint density at radius 3 is 2.28 bits per heavy atom. The van der Waals surface area contributed by atoms with Gasteiger partial charge < -0.3 is 25.2 Å². The fourth-order valence-electron chi connectivity index (χ4n) is 9.92. The quantitative estimate of drug-likeness (QED) is 0.0872. The second-order valence-corrected chi connectivity index (χ2v) is 17.6. The average molecular weight is 880 g/mol. The second-order valence-electron chi connectivity index (χ2n) is 16.6. The number of benzene rings is 6. The first-order valence-corrected chi connectivity index (χ1v) is 22.4. The molecule has 0 saturated carbocycles. The van der Waals surface area contributed by atoms with Crippen LogP contribution in [-0.2, 0) is 31.1 Å². The van der Waals surface area contributed by atoms with Gasteiger partial charge in [-0.2, -0.15) is 0 Å². The summed E-state index contributed by atoms with van der Waals surface area (Å²) in [6.07, 6.45) is -0.811. The van der Waals surface area contributed by atoms with Gasteiger partial charge in [0.15, 0.2) is 5.13 Å². The number of hydrogen-bond acceptors (Lipinski definition) is 10. The highest BCUT2D eigenvalue weighted by atomic mass is 32.1. The molecule has 65 heavy (non-hydrogen) atoms. The van der Waals surface area contributed by atoms with Crippen LogP contribution >= 0.6 is 11.3 Å². The van der Waals surface area contributed by atoms with Crippen LogP contribution in [0.1, 0.15) is 51.6 Å². The molecule has 3 N–H and O–H groups in total. The van der Waals surface area contributed by atoms with Crippen molar-refractivity contribution >= 4 is 50.2 Å². The number of hydrogen-bond donors (Lipinski definition) is 3. The number of amides is 2. The van der Waals surface area contributed by atoms with Gasteiger partial charge in [0, 0.05) is 17.8 Å². The number of aliphatic hydroxyl groups excluding tert-OH is 1. The van der Waals surface area contributed by atoms with E-state index >= 15 is 14.4 Å². The Balaban J connectivity index is 1.17. The largest absolute Gasteiger partial charge is 0.491 e. The zero-order valence-electron chi connectivity index (χ0n) is 35.5. The molecule has 7 aromatic rings. The first kappa shape index (κ1) is 41.8. The molecular weight excluding hydrogens is 835 g/mol. The number of fused-ring (bicyclic) bond motifs is 4. The molecule has 11 nitrogen and oxygen atoms in total. The lowest BCUT2D eigenvalue weighted by atomic mass is 9.65. The van der Waals surface area contributed by atoms with Gasteiger partial charge in [-0.3, -0.25) is 24.2 Å². The van der Waals surface area contributed by atoms with Crippen LogP contribution < -0.4 is 15.4 Å². The molecule has 6 aromatic carbocycles. The zero-order chi connectivity index (χ0) is 44.5. The zero-order valence-corrected chi connectivity index (χ0v) is 36.3. The van der Waals surface area contributed by atoms with Crippen LogP contribution in [0.15, 0.2) is 158 Å². The van der Waals surface area contributed by atoms with Crippen molar-refractivity contribution in [1.82, 2.24) is 14.8 Å². The van der Waals surface area contributed by atoms with Crippen molar-refractivity contribution in [2.45, 2.75) is 36.2 Å². The third-order valence-corrected chi connectivity index (χ3v) is 13.5. The number of ether oxygens (including phenoxy) is 2. The molecule has 2 fully saturated rings. The fraction of sp³-hybridized carbons (Fsp3) is 0.208. The maximum atomic E-state index is 15.6. The van der Waals surface area contributed by atoms with Gasteiger partial charge in [-0.15, -0.1) is 0 Å². The summed E-state index contributed by atoms with van der Waals surface area (Å²) in [4.78, 5) is 55.3. The molecule has 4 heterocycles. The van der Waals surface area contributed by atoms with Crippen LogP contribution in [0.25, 0.3) is 10.2 Å². The van der Waals surface area contributed by atoms with Gasteiger partial charge in [0.25, 0.3) is 0 Å². The number of thiazole rings is 1. The molecule has 3 aliphatic rings. The van der Waals surface area contributed by atoms with Gasteiger partial charge in [-0.05, 0) is 77.3 Å². The highest BCUT2D eigenvalue weighted by Crippen LogP contribution is 2.65. The first-order chi connectivity index (χ1) is 31.8. The van der Waals surface area contributed by atoms with E-state index in [1.165, 1.54) is 16.9 Å². The number of cyclic esters (lactones) is 1. The van der Waals surface area contributed by atoms with E-state index in [1.807, 2.05) is 141 Å². The molecule has 10 rings (SSSR count). The Labute approximate surface area is 380 Å². The van der Waals surface area contributed by atoms with E-state index < -0.39 is 53.3 Å². The van der Waals surface area contributed by atoms with Crippen molar-refractivity contribution in [3.8, 4) is 17.6 Å². The SMILES string of the molecule is CN(CC#Cc1ccc2c(c1)[C@]1(C(=O)N2)[C@H](C(=O)Nc2nc3ccccc3s2)[C@H]2C(=O)O[C@H](c3ccccc3)[C@H](c3ccccc3)N2[C@@H]1c1ccc(OCCO)cc1)Cc1ccccc1. The minimum absolute atomic E-state index is 0.0945. The Bertz CT molecular complexity index is 2900. The number of carbonyl (C=O) groups excluding carboxylic acids is 3. The summed E-state index contributed by atoms with van der Waals surface area (Å²) < 4.78 is 13.3. The Morgan fingerprint density at radius 1 is 0.862 bits per heavy atom. The monoisotopic (exact) mass is 879 g/mol. The lowest BCUT2D eigenvalue weighted by Crippen LogP contribution is -2.53. The first-order valence-electron chi connectivity index (χ1n) is 21.6. The van der Waals surface area contributed by atoms with E-state index in [2.05, 4.69) is 44.4 Å². The second kappa shape index (κ2) is 17.8. The molecule has 0 unspecified atom stereocenters. The van der Waals surface area contributed by atoms with Crippen molar-refractivity contribution in [2.24, 2.45) is 5.92 Å². The number of aliphatic hydroxyl groups is 1. The molecule has 2 saturated heterocycles. The summed E-state index contributed by atoms with van der Waals surface area (Å²) in [5.74, 6) is 4.25. The third kappa shape index (κ3) is 7.72. The minimum atomic E-state index is -1.71. The van der Waals surface area contributed by atoms with Gasteiger partial charge in [-0.1, -0.05) is 138 Å². The van der Waals surface area contributed by atoms with Crippen molar-refractivity contribution in [2.75, 3.05) is 37.4 Å². The molecule has 0 radical (unpaired) electrons. The Morgan fingerprint density at radius 2 is 1.55 bits per heavy atom. The summed E-state index contributed by atoms with van der Waals surface area (Å²) in [5, 5.41) is 16.1. The summed E-state index contributed by atoms with van der Waals surface area (Å²) in [6, 6.07) is 47.3. The van der Waals surface area contributed by atoms with E-state index in [1.54, 1.807) is 12.1 Å². The Kier molecular flexibility index (Phi) is 11.5. The van der Waals surface area contributed by atoms with E-state index in [0.717, 1.165) is 22.4 Å². The van der Waals surface area contributed by atoms with Gasteiger partial charge in [0.2, 0.25) is 11.8 Å². The minimum Gasteiger partial charge on any atom is -0.491 e. The number of rotatable bonds is 11. The van der Waals surface area contributed by atoms with Crippen molar-refractivity contribution in [3.63, 3.8) is 0 Å². The van der Waals surface area contributed by atoms with Crippen molar-refractivity contribution < 1.29 is 29.0 Å². The highest BCUT2D eigenvalue weighted by molar-refractivity contribution is 7.22. The summed E-state index contributed by atoms with van der Waals surface area (Å²) in [7, 11) is 2.01. The number of aromatic nitrogens is 1. The number of para-hydroxylation sites is 1. The van der Waals surface area contributed by atoms with Gasteiger partial charge in [0.1, 0.15) is 29.9 Å². The number of nitrogens with one attached hydrogen (secondary N) is 2. The van der Waals surface area contributed by atoms with Crippen LogP contribution in [-0.4, -0.2) is 70.5 Å². The molecule has 6 atom stereocenters. The van der Waals surface area contributed by atoms with E-state index in [4.69, 9.17) is 14.5 Å². The van der Waals surface area contributed by atoms with Crippen LogP contribution in [0.4, 0.5) is 10.8 Å². The summed E-state index contributed by atoms with van der Waals surface area (Å²) in [5.41, 5.74) is 4.18. The van der Waals surface area contributed by atoms with Crippen LogP contribution in [0.5, 0.6) is 5.75 Å². The topological polar surface area (TPSA) is 133 Å². The highest BCUT2D eigenvalue weighted by Gasteiger charge is 2.74. The molecular formula is C53H45N5O6S. The number of anilines is 2. The smallest absolute Gasteiger partial charge is 0.324 e. The molecule has 12 heteroatoms. The van der Waals surface area contributed by atoms with Crippen LogP contribution in [0, 0.1) is 17.8 Å². The normalized spacial score (nSPS) is 22.2. The molecule has 0 aliphatic carbocycles. The number of nitrogens with zero attached hydrogens (tertiary/aromatic N) is 3. The van der Waals surface area contributed by atoms with Gasteiger partial charge >= 0.3 is 5.97 Å². The van der Waals surface area contributed by atoms with Crippen LogP contribution in [0.3, 0.4) is 0 Å². The van der Waals surface area contributed by atoms with E-state index in [-0.39, 0.29) is 13.2 Å². The standard InChI is InChI=1S/C53H45N5O6S/c1-57(33-35-14-5-2-6-15-35)29-13-16-34-23-28-41-40(32-34)53(51(62)54-41)44(49(60)56-52-55-42-21-11-12-22-43(42)65-52)46-50(61)64-47(37-19-9-4-10-20-37)45(36-17-7-3-8-18-36)58(46)48(53)38-24-26-39(27-25-38)63-31-30-59/h2-12,14-15,17-28,32,44-48,59H,29-31,33H2,1H3,(H,54,62)(H,55,56,60)/t44-,45-,46-,47+,48+,53-/m0/s1. The Hall–Kier alpha value is -7.14. The number of carbonyl (C=O) groups is 3. The lowest BCUT2D eigenvalue weighted by Gasteiger charge is -2.46. The van der Waals surface area contributed by atoms with Crippen molar-refractivity contribution in [3.05, 3.63) is 191 Å². The predicted octanol–water partition coefficient (Wildman–Crippen LogP) is 8.06. The number of esters is 1. The molecule has 1 aromatic heterocycles. The maximum Gasteiger partial charge on any atom is 0.324 e. The van der Waals surface area contributed by atoms with Crippen LogP contribution in [0.2, 0.25) is 0 Å². The average Bonchev–Trinajstić information content (AvgIpc) is 3.98. The molecule has 1 spiro atoms. The molecule has 0 bridgehead atoms. The lowest BCUT2D eigenvalue weighted by molar-refractivity contribution is -0.177. The van der Waals surface area contributed by atoms with E-state index in [9.17, 15) is 5.11 Å².